The van der Waals surface area contributed by atoms with E-state index in [0.717, 1.165) is 32.4 Å². The molecule has 0 bridgehead atoms. The lowest BCUT2D eigenvalue weighted by Crippen LogP contribution is -2.37. The Bertz CT molecular complexity index is 342. The largest absolute Gasteiger partial charge is 0.481 e. The second kappa shape index (κ2) is 5.29. The van der Waals surface area contributed by atoms with Gasteiger partial charge in [-0.15, -0.1) is 0 Å². The van der Waals surface area contributed by atoms with Crippen molar-refractivity contribution in [3.63, 3.8) is 0 Å². The van der Waals surface area contributed by atoms with E-state index in [4.69, 9.17) is 0 Å². The predicted molar refractivity (Wildman–Crippen MR) is 68.0 cm³/mol. The highest BCUT2D eigenvalue weighted by molar-refractivity contribution is 5.85. The molecule has 102 valence electrons. The molecule has 4 unspecified atom stereocenters. The van der Waals surface area contributed by atoms with E-state index in [1.807, 2.05) is 11.8 Å². The molecule has 2 aliphatic rings. The third kappa shape index (κ3) is 2.52. The fraction of sp³-hybridized carbons (Fsp3) is 0.857. The van der Waals surface area contributed by atoms with Gasteiger partial charge in [-0.1, -0.05) is 20.3 Å². The van der Waals surface area contributed by atoms with Crippen molar-refractivity contribution in [3.8, 4) is 0 Å². The van der Waals surface area contributed by atoms with E-state index in [2.05, 4.69) is 6.92 Å². The second-order valence-electron chi connectivity index (χ2n) is 5.98. The minimum atomic E-state index is -0.802. The highest BCUT2D eigenvalue weighted by Gasteiger charge is 2.43. The predicted octanol–water partition coefficient (Wildman–Crippen LogP) is 1.99. The van der Waals surface area contributed by atoms with Crippen LogP contribution in [0, 0.1) is 23.7 Å². The second-order valence-corrected chi connectivity index (χ2v) is 5.98. The number of aliphatic carboxylic acids is 1. The monoisotopic (exact) mass is 253 g/mol. The molecule has 2 rings (SSSR count). The van der Waals surface area contributed by atoms with Crippen LogP contribution in [0.4, 0.5) is 0 Å². The van der Waals surface area contributed by atoms with E-state index < -0.39 is 11.9 Å². The molecule has 18 heavy (non-hydrogen) atoms. The molecule has 0 aromatic heterocycles. The molecule has 4 nitrogen and oxygen atoms in total. The molecule has 0 aromatic rings. The van der Waals surface area contributed by atoms with Crippen LogP contribution in [-0.4, -0.2) is 35.0 Å². The molecule has 1 amide bonds. The van der Waals surface area contributed by atoms with E-state index in [1.165, 1.54) is 0 Å². The first-order valence-corrected chi connectivity index (χ1v) is 7.04. The van der Waals surface area contributed by atoms with Crippen molar-refractivity contribution in [3.05, 3.63) is 0 Å². The van der Waals surface area contributed by atoms with Crippen LogP contribution in [-0.2, 0) is 9.59 Å². The van der Waals surface area contributed by atoms with E-state index in [-0.39, 0.29) is 11.8 Å². The number of hydrogen-bond acceptors (Lipinski definition) is 2. The smallest absolute Gasteiger partial charge is 0.307 e. The number of hydrogen-bond donors (Lipinski definition) is 1. The summed E-state index contributed by atoms with van der Waals surface area (Å²) < 4.78 is 0. The zero-order chi connectivity index (χ0) is 13.3. The summed E-state index contributed by atoms with van der Waals surface area (Å²) in [7, 11) is 0. The van der Waals surface area contributed by atoms with Gasteiger partial charge >= 0.3 is 5.97 Å². The van der Waals surface area contributed by atoms with Gasteiger partial charge in [0.2, 0.25) is 5.91 Å². The van der Waals surface area contributed by atoms with Gasteiger partial charge in [0.15, 0.2) is 0 Å². The molecule has 1 saturated carbocycles. The number of carboxylic acid groups (broad SMARTS) is 1. The van der Waals surface area contributed by atoms with Crippen LogP contribution in [0.15, 0.2) is 0 Å². The van der Waals surface area contributed by atoms with Gasteiger partial charge in [-0.25, -0.2) is 0 Å². The minimum absolute atomic E-state index is 0.0858. The maximum Gasteiger partial charge on any atom is 0.307 e. The Morgan fingerprint density at radius 3 is 2.50 bits per heavy atom. The highest BCUT2D eigenvalue weighted by atomic mass is 16.4. The number of carboxylic acids is 1. The average Bonchev–Trinajstić information content (AvgIpc) is 2.94. The fourth-order valence-corrected chi connectivity index (χ4v) is 3.44. The molecule has 1 heterocycles. The number of amides is 1. The standard InChI is InChI=1S/C14H23NO3/c1-3-10-4-5-15(8-10)13(16)11-6-9(2)7-12(11)14(17)18/h9-12H,3-8H2,1-2H3,(H,17,18). The number of rotatable bonds is 3. The van der Waals surface area contributed by atoms with Crippen LogP contribution in [0.2, 0.25) is 0 Å². The fourth-order valence-electron chi connectivity index (χ4n) is 3.44. The van der Waals surface area contributed by atoms with E-state index in [1.54, 1.807) is 0 Å². The molecule has 4 atom stereocenters. The van der Waals surface area contributed by atoms with Gasteiger partial charge in [-0.05, 0) is 31.1 Å². The molecule has 0 aromatic carbocycles. The van der Waals surface area contributed by atoms with Crippen LogP contribution in [0.5, 0.6) is 0 Å². The zero-order valence-corrected chi connectivity index (χ0v) is 11.3. The van der Waals surface area contributed by atoms with Gasteiger partial charge in [0.25, 0.3) is 0 Å². The summed E-state index contributed by atoms with van der Waals surface area (Å²) >= 11 is 0. The summed E-state index contributed by atoms with van der Waals surface area (Å²) in [6.45, 7) is 5.83. The number of nitrogens with zero attached hydrogens (tertiary/aromatic N) is 1. The van der Waals surface area contributed by atoms with E-state index >= 15 is 0 Å². The molecular weight excluding hydrogens is 230 g/mol. The highest BCUT2D eigenvalue weighted by Crippen LogP contribution is 2.38. The summed E-state index contributed by atoms with van der Waals surface area (Å²) in [6, 6.07) is 0. The molecule has 1 aliphatic carbocycles. The Kier molecular flexibility index (Phi) is 3.93. The van der Waals surface area contributed by atoms with E-state index in [9.17, 15) is 14.7 Å². The molecule has 1 saturated heterocycles. The SMILES string of the molecule is CCC1CCN(C(=O)C2CC(C)CC2C(=O)O)C1. The van der Waals surface area contributed by atoms with Gasteiger partial charge in [0.1, 0.15) is 0 Å². The van der Waals surface area contributed by atoms with E-state index in [0.29, 0.717) is 18.3 Å². The van der Waals surface area contributed by atoms with Gasteiger partial charge in [-0.2, -0.15) is 0 Å². The number of likely N-dealkylation sites (tertiary alicyclic amines) is 1. The lowest BCUT2D eigenvalue weighted by atomic mass is 9.95. The summed E-state index contributed by atoms with van der Waals surface area (Å²) in [4.78, 5) is 25.6. The van der Waals surface area contributed by atoms with Gasteiger partial charge < -0.3 is 10.0 Å². The molecule has 1 N–H and O–H groups in total. The molecule has 4 heteroatoms. The van der Waals surface area contributed by atoms with Gasteiger partial charge in [0, 0.05) is 13.1 Å². The molecular formula is C14H23NO3. The topological polar surface area (TPSA) is 57.6 Å². The third-order valence-corrected chi connectivity index (χ3v) is 4.61. The maximum absolute atomic E-state index is 12.4. The van der Waals surface area contributed by atoms with Crippen molar-refractivity contribution in [2.45, 2.75) is 39.5 Å². The van der Waals surface area contributed by atoms with Crippen molar-refractivity contribution in [1.29, 1.82) is 0 Å². The normalized spacial score (nSPS) is 36.0. The molecule has 0 spiro atoms. The van der Waals surface area contributed by atoms with Crippen molar-refractivity contribution in [1.82, 2.24) is 4.90 Å². The van der Waals surface area contributed by atoms with Crippen molar-refractivity contribution in [2.24, 2.45) is 23.7 Å². The lowest BCUT2D eigenvalue weighted by molar-refractivity contribution is -0.148. The zero-order valence-electron chi connectivity index (χ0n) is 11.3. The van der Waals surface area contributed by atoms with Crippen LogP contribution in [0.1, 0.15) is 39.5 Å². The van der Waals surface area contributed by atoms with Crippen LogP contribution >= 0.6 is 0 Å². The van der Waals surface area contributed by atoms with Crippen LogP contribution in [0.3, 0.4) is 0 Å². The number of carbonyl (C=O) groups excluding carboxylic acids is 1. The van der Waals surface area contributed by atoms with Crippen LogP contribution < -0.4 is 0 Å². The third-order valence-electron chi connectivity index (χ3n) is 4.61. The first-order valence-electron chi connectivity index (χ1n) is 7.04. The molecule has 0 radical (unpaired) electrons. The van der Waals surface area contributed by atoms with Crippen molar-refractivity contribution >= 4 is 11.9 Å². The van der Waals surface area contributed by atoms with Crippen molar-refractivity contribution in [2.75, 3.05) is 13.1 Å². The summed E-state index contributed by atoms with van der Waals surface area (Å²) in [6.07, 6.45) is 3.56. The lowest BCUT2D eigenvalue weighted by Gasteiger charge is -2.23. The molecule has 2 fully saturated rings. The summed E-state index contributed by atoms with van der Waals surface area (Å²) in [5.74, 6) is -0.506. The Labute approximate surface area is 108 Å². The summed E-state index contributed by atoms with van der Waals surface area (Å²) in [5, 5.41) is 9.22. The molecule has 1 aliphatic heterocycles. The van der Waals surface area contributed by atoms with Gasteiger partial charge in [0.05, 0.1) is 11.8 Å². The Hall–Kier alpha value is -1.06. The Balaban J connectivity index is 2.02. The number of carbonyl (C=O) groups is 2. The van der Waals surface area contributed by atoms with Crippen molar-refractivity contribution < 1.29 is 14.7 Å². The van der Waals surface area contributed by atoms with Gasteiger partial charge in [-0.3, -0.25) is 9.59 Å². The summed E-state index contributed by atoms with van der Waals surface area (Å²) in [5.41, 5.74) is 0. The van der Waals surface area contributed by atoms with Crippen LogP contribution in [0.25, 0.3) is 0 Å². The Morgan fingerprint density at radius 1 is 1.28 bits per heavy atom. The first kappa shape index (κ1) is 13.4. The first-order chi connectivity index (χ1) is 8.52. The quantitative estimate of drug-likeness (QED) is 0.837. The average molecular weight is 253 g/mol. The maximum atomic E-state index is 12.4. The Morgan fingerprint density at radius 2 is 1.94 bits per heavy atom. The minimum Gasteiger partial charge on any atom is -0.481 e.